The second-order valence-electron chi connectivity index (χ2n) is 7.27. The van der Waals surface area contributed by atoms with Crippen LogP contribution in [-0.2, 0) is 14.8 Å². The molecule has 2 aliphatic heterocycles. The Morgan fingerprint density at radius 3 is 2.22 bits per heavy atom. The molecule has 2 heterocycles. The van der Waals surface area contributed by atoms with Crippen LogP contribution in [0.15, 0.2) is 35.2 Å². The minimum atomic E-state index is -3.44. The normalized spacial score (nSPS) is 21.2. The third kappa shape index (κ3) is 5.28. The Labute approximate surface area is 162 Å². The number of carbonyl (C=O) groups is 1. The van der Waals surface area contributed by atoms with Gasteiger partial charge in [-0.2, -0.15) is 4.31 Å². The van der Waals surface area contributed by atoms with Crippen LogP contribution in [0.25, 0.3) is 0 Å². The molecule has 0 saturated carbocycles. The van der Waals surface area contributed by atoms with Crippen molar-refractivity contribution in [1.82, 2.24) is 19.4 Å². The van der Waals surface area contributed by atoms with Gasteiger partial charge in [-0.25, -0.2) is 8.42 Å². The summed E-state index contributed by atoms with van der Waals surface area (Å²) in [5.74, 6) is 0.0457. The smallest absolute Gasteiger partial charge is 0.243 e. The third-order valence-corrected chi connectivity index (χ3v) is 7.39. The minimum Gasteiger partial charge on any atom is -0.352 e. The molecule has 1 aromatic carbocycles. The van der Waals surface area contributed by atoms with E-state index in [2.05, 4.69) is 17.1 Å². The number of amides is 1. The maximum atomic E-state index is 12.7. The molecule has 0 aliphatic carbocycles. The van der Waals surface area contributed by atoms with E-state index in [1.807, 2.05) is 11.0 Å². The fourth-order valence-electron chi connectivity index (χ4n) is 3.74. The summed E-state index contributed by atoms with van der Waals surface area (Å²) in [6, 6.07) is 8.79. The molecule has 8 heteroatoms. The number of carbonyl (C=O) groups excluding carboxylic acids is 1. The number of sulfonamides is 1. The van der Waals surface area contributed by atoms with Crippen LogP contribution < -0.4 is 5.32 Å². The summed E-state index contributed by atoms with van der Waals surface area (Å²) in [4.78, 5) is 17.1. The SMILES string of the molecule is CCN1CCC(NC(=O)CN2CCN(S(=O)(=O)c3ccccc3)CC2)CC1. The number of nitrogens with zero attached hydrogens (tertiary/aromatic N) is 3. The number of benzene rings is 1. The highest BCUT2D eigenvalue weighted by atomic mass is 32.2. The molecular formula is C19H30N4O3S. The van der Waals surface area contributed by atoms with E-state index in [0.29, 0.717) is 37.6 Å². The lowest BCUT2D eigenvalue weighted by atomic mass is 10.1. The summed E-state index contributed by atoms with van der Waals surface area (Å²) < 4.78 is 26.8. The molecule has 27 heavy (non-hydrogen) atoms. The molecule has 2 saturated heterocycles. The van der Waals surface area contributed by atoms with Crippen LogP contribution in [0, 0.1) is 0 Å². The van der Waals surface area contributed by atoms with E-state index in [1.54, 1.807) is 24.3 Å². The summed E-state index contributed by atoms with van der Waals surface area (Å²) in [7, 11) is -3.44. The topological polar surface area (TPSA) is 73.0 Å². The molecule has 2 fully saturated rings. The van der Waals surface area contributed by atoms with Crippen molar-refractivity contribution in [2.75, 3.05) is 52.4 Å². The number of piperidine rings is 1. The Kier molecular flexibility index (Phi) is 6.86. The molecule has 0 unspecified atom stereocenters. The van der Waals surface area contributed by atoms with Crippen molar-refractivity contribution in [3.05, 3.63) is 30.3 Å². The van der Waals surface area contributed by atoms with Crippen LogP contribution in [0.3, 0.4) is 0 Å². The zero-order chi connectivity index (χ0) is 19.3. The van der Waals surface area contributed by atoms with Crippen LogP contribution in [0.5, 0.6) is 0 Å². The highest BCUT2D eigenvalue weighted by Gasteiger charge is 2.29. The monoisotopic (exact) mass is 394 g/mol. The molecule has 0 radical (unpaired) electrons. The minimum absolute atomic E-state index is 0.0457. The van der Waals surface area contributed by atoms with E-state index in [0.717, 1.165) is 32.5 Å². The Bertz CT molecular complexity index is 710. The average molecular weight is 395 g/mol. The van der Waals surface area contributed by atoms with Crippen molar-refractivity contribution in [3.8, 4) is 0 Å². The van der Waals surface area contributed by atoms with Crippen LogP contribution in [-0.4, -0.2) is 86.8 Å². The van der Waals surface area contributed by atoms with Gasteiger partial charge in [-0.3, -0.25) is 9.69 Å². The molecule has 0 atom stereocenters. The predicted molar refractivity (Wildman–Crippen MR) is 105 cm³/mol. The fraction of sp³-hybridized carbons (Fsp3) is 0.632. The quantitative estimate of drug-likeness (QED) is 0.765. The van der Waals surface area contributed by atoms with Crippen molar-refractivity contribution in [2.24, 2.45) is 0 Å². The van der Waals surface area contributed by atoms with Gasteiger partial charge in [-0.1, -0.05) is 25.1 Å². The molecule has 0 bridgehead atoms. The second kappa shape index (κ2) is 9.14. The van der Waals surface area contributed by atoms with Gasteiger partial charge in [-0.15, -0.1) is 0 Å². The van der Waals surface area contributed by atoms with Gasteiger partial charge in [-0.05, 0) is 31.5 Å². The Balaban J connectivity index is 1.44. The van der Waals surface area contributed by atoms with Crippen LogP contribution in [0.1, 0.15) is 19.8 Å². The third-order valence-electron chi connectivity index (χ3n) is 5.48. The lowest BCUT2D eigenvalue weighted by Crippen LogP contribution is -2.52. The maximum Gasteiger partial charge on any atom is 0.243 e. The Morgan fingerprint density at radius 1 is 1.00 bits per heavy atom. The van der Waals surface area contributed by atoms with Gasteiger partial charge in [0.15, 0.2) is 0 Å². The Hall–Kier alpha value is -1.48. The van der Waals surface area contributed by atoms with Gasteiger partial charge in [0.25, 0.3) is 0 Å². The number of rotatable bonds is 6. The number of hydrogen-bond donors (Lipinski definition) is 1. The lowest BCUT2D eigenvalue weighted by Gasteiger charge is -2.35. The Morgan fingerprint density at radius 2 is 1.63 bits per heavy atom. The molecule has 1 amide bonds. The average Bonchev–Trinajstić information content (AvgIpc) is 2.69. The summed E-state index contributed by atoms with van der Waals surface area (Å²) >= 11 is 0. The first-order valence-electron chi connectivity index (χ1n) is 9.78. The van der Waals surface area contributed by atoms with E-state index in [-0.39, 0.29) is 11.9 Å². The van der Waals surface area contributed by atoms with Crippen LogP contribution in [0.2, 0.25) is 0 Å². The first kappa shape index (κ1) is 20.3. The molecule has 2 aliphatic rings. The first-order valence-corrected chi connectivity index (χ1v) is 11.2. The van der Waals surface area contributed by atoms with Gasteiger partial charge in [0, 0.05) is 45.3 Å². The van der Waals surface area contributed by atoms with E-state index < -0.39 is 10.0 Å². The van der Waals surface area contributed by atoms with Gasteiger partial charge in [0.05, 0.1) is 11.4 Å². The number of nitrogens with one attached hydrogen (secondary N) is 1. The lowest BCUT2D eigenvalue weighted by molar-refractivity contribution is -0.123. The zero-order valence-electron chi connectivity index (χ0n) is 16.0. The molecule has 3 rings (SSSR count). The predicted octanol–water partition coefficient (Wildman–Crippen LogP) is 0.593. The second-order valence-corrected chi connectivity index (χ2v) is 9.21. The van der Waals surface area contributed by atoms with Crippen LogP contribution in [0.4, 0.5) is 0 Å². The van der Waals surface area contributed by atoms with Crippen molar-refractivity contribution >= 4 is 15.9 Å². The van der Waals surface area contributed by atoms with Gasteiger partial charge in [0.2, 0.25) is 15.9 Å². The highest BCUT2D eigenvalue weighted by molar-refractivity contribution is 7.89. The molecule has 0 spiro atoms. The zero-order valence-corrected chi connectivity index (χ0v) is 16.8. The van der Waals surface area contributed by atoms with E-state index in [4.69, 9.17) is 0 Å². The standard InChI is InChI=1S/C19H30N4O3S/c1-2-21-10-8-17(9-11-21)20-19(24)16-22-12-14-23(15-13-22)27(25,26)18-6-4-3-5-7-18/h3-7,17H,2,8-16H2,1H3,(H,20,24). The summed E-state index contributed by atoms with van der Waals surface area (Å²) in [6.45, 7) is 7.63. The molecular weight excluding hydrogens is 364 g/mol. The van der Waals surface area contributed by atoms with Crippen molar-refractivity contribution < 1.29 is 13.2 Å². The van der Waals surface area contributed by atoms with Gasteiger partial charge >= 0.3 is 0 Å². The van der Waals surface area contributed by atoms with Crippen LogP contribution >= 0.6 is 0 Å². The van der Waals surface area contributed by atoms with Crippen molar-refractivity contribution in [2.45, 2.75) is 30.7 Å². The molecule has 0 aromatic heterocycles. The van der Waals surface area contributed by atoms with Gasteiger partial charge in [0.1, 0.15) is 0 Å². The number of likely N-dealkylation sites (tertiary alicyclic amines) is 1. The largest absolute Gasteiger partial charge is 0.352 e. The molecule has 1 N–H and O–H groups in total. The van der Waals surface area contributed by atoms with E-state index in [1.165, 1.54) is 4.31 Å². The fourth-order valence-corrected chi connectivity index (χ4v) is 5.18. The number of hydrogen-bond acceptors (Lipinski definition) is 5. The molecule has 7 nitrogen and oxygen atoms in total. The summed E-state index contributed by atoms with van der Waals surface area (Å²) in [5.41, 5.74) is 0. The summed E-state index contributed by atoms with van der Waals surface area (Å²) in [6.07, 6.45) is 2.01. The van der Waals surface area contributed by atoms with Crippen molar-refractivity contribution in [3.63, 3.8) is 0 Å². The van der Waals surface area contributed by atoms with E-state index >= 15 is 0 Å². The first-order chi connectivity index (χ1) is 13.0. The molecule has 150 valence electrons. The highest BCUT2D eigenvalue weighted by Crippen LogP contribution is 2.17. The number of piperazine rings is 1. The van der Waals surface area contributed by atoms with Gasteiger partial charge < -0.3 is 10.2 Å². The van der Waals surface area contributed by atoms with Crippen molar-refractivity contribution in [1.29, 1.82) is 0 Å². The summed E-state index contributed by atoms with van der Waals surface area (Å²) in [5, 5.41) is 3.14. The van der Waals surface area contributed by atoms with E-state index in [9.17, 15) is 13.2 Å². The molecule has 1 aromatic rings. The maximum absolute atomic E-state index is 12.7.